The third kappa shape index (κ3) is 5.73. The van der Waals surface area contributed by atoms with Gasteiger partial charge in [0, 0.05) is 33.6 Å². The molecule has 1 amide bonds. The number of benzene rings is 2. The zero-order valence-electron chi connectivity index (χ0n) is 16.8. The highest BCUT2D eigenvalue weighted by Gasteiger charge is 2.15. The molecule has 0 unspecified atom stereocenters. The standard InChI is InChI=1S/C24H14BrCl2N3O2S/c25-16-6-4-14(5-7-16)10-18-13-29-24(33-18)30-23(31)15(12-28)11-17-8-9-21(32-17)19-2-1-3-20(26)22(19)27/h1-9,11,13H,10H2,(H,29,30,31)/b15-11+. The van der Waals surface area contributed by atoms with Crippen LogP contribution in [0.1, 0.15) is 16.2 Å². The minimum atomic E-state index is -0.569. The van der Waals surface area contributed by atoms with Crippen LogP contribution < -0.4 is 5.32 Å². The predicted molar refractivity (Wildman–Crippen MR) is 135 cm³/mol. The van der Waals surface area contributed by atoms with Gasteiger partial charge in [-0.2, -0.15) is 5.26 Å². The highest BCUT2D eigenvalue weighted by Crippen LogP contribution is 2.34. The fourth-order valence-corrected chi connectivity index (χ4v) is 4.47. The molecular formula is C24H14BrCl2N3O2S. The highest BCUT2D eigenvalue weighted by molar-refractivity contribution is 9.10. The van der Waals surface area contributed by atoms with Crippen LogP contribution in [0.25, 0.3) is 17.4 Å². The van der Waals surface area contributed by atoms with Crippen LogP contribution in [0.4, 0.5) is 5.13 Å². The molecule has 9 heteroatoms. The van der Waals surface area contributed by atoms with E-state index < -0.39 is 5.91 Å². The van der Waals surface area contributed by atoms with Gasteiger partial charge < -0.3 is 4.42 Å². The minimum Gasteiger partial charge on any atom is -0.457 e. The molecule has 5 nitrogen and oxygen atoms in total. The maximum atomic E-state index is 12.6. The molecule has 0 saturated heterocycles. The normalized spacial score (nSPS) is 11.3. The molecule has 0 aliphatic rings. The summed E-state index contributed by atoms with van der Waals surface area (Å²) in [4.78, 5) is 17.8. The second-order valence-corrected chi connectivity index (χ2v) is 9.68. The van der Waals surface area contributed by atoms with Crippen molar-refractivity contribution in [1.82, 2.24) is 4.98 Å². The molecule has 0 fully saturated rings. The van der Waals surface area contributed by atoms with Crippen molar-refractivity contribution in [3.63, 3.8) is 0 Å². The summed E-state index contributed by atoms with van der Waals surface area (Å²) in [6.07, 6.45) is 3.78. The summed E-state index contributed by atoms with van der Waals surface area (Å²) in [5, 5.41) is 13.3. The van der Waals surface area contributed by atoms with E-state index in [0.717, 1.165) is 14.9 Å². The number of nitriles is 1. The lowest BCUT2D eigenvalue weighted by Crippen LogP contribution is -2.13. The Kier molecular flexibility index (Phi) is 7.31. The lowest BCUT2D eigenvalue weighted by molar-refractivity contribution is -0.112. The fourth-order valence-electron chi connectivity index (χ4n) is 2.98. The van der Waals surface area contributed by atoms with Crippen LogP contribution in [0.3, 0.4) is 0 Å². The van der Waals surface area contributed by atoms with Gasteiger partial charge in [-0.3, -0.25) is 10.1 Å². The van der Waals surface area contributed by atoms with E-state index in [9.17, 15) is 10.1 Å². The topological polar surface area (TPSA) is 78.9 Å². The Morgan fingerprint density at radius 1 is 1.18 bits per heavy atom. The Balaban J connectivity index is 1.46. The number of thiazole rings is 1. The van der Waals surface area contributed by atoms with Crippen molar-refractivity contribution < 1.29 is 9.21 Å². The molecule has 2 heterocycles. The van der Waals surface area contributed by atoms with Crippen molar-refractivity contribution in [3.05, 3.63) is 97.1 Å². The van der Waals surface area contributed by atoms with Crippen molar-refractivity contribution in [2.24, 2.45) is 0 Å². The molecule has 0 aliphatic carbocycles. The first-order chi connectivity index (χ1) is 15.9. The van der Waals surface area contributed by atoms with E-state index in [0.29, 0.717) is 38.7 Å². The van der Waals surface area contributed by atoms with Crippen LogP contribution in [-0.4, -0.2) is 10.9 Å². The van der Waals surface area contributed by atoms with Crippen LogP contribution >= 0.6 is 50.5 Å². The lowest BCUT2D eigenvalue weighted by atomic mass is 10.1. The van der Waals surface area contributed by atoms with Gasteiger partial charge in [0.25, 0.3) is 5.91 Å². The van der Waals surface area contributed by atoms with Crippen molar-refractivity contribution in [3.8, 4) is 17.4 Å². The van der Waals surface area contributed by atoms with Gasteiger partial charge in [-0.25, -0.2) is 4.98 Å². The fraction of sp³-hybridized carbons (Fsp3) is 0.0417. The SMILES string of the molecule is N#C/C(=C\c1ccc(-c2cccc(Cl)c2Cl)o1)C(=O)Nc1ncc(Cc2ccc(Br)cc2)s1. The van der Waals surface area contributed by atoms with E-state index in [4.69, 9.17) is 27.6 Å². The number of carbonyl (C=O) groups is 1. The number of aromatic nitrogens is 1. The number of nitrogens with one attached hydrogen (secondary N) is 1. The van der Waals surface area contributed by atoms with Gasteiger partial charge in [0.1, 0.15) is 23.2 Å². The van der Waals surface area contributed by atoms with Crippen LogP contribution in [0.15, 0.2) is 75.3 Å². The highest BCUT2D eigenvalue weighted by atomic mass is 79.9. The van der Waals surface area contributed by atoms with Gasteiger partial charge in [-0.05, 0) is 42.0 Å². The molecule has 0 bridgehead atoms. The van der Waals surface area contributed by atoms with Crippen molar-refractivity contribution in [2.45, 2.75) is 6.42 Å². The average molecular weight is 559 g/mol. The zero-order chi connectivity index (χ0) is 23.4. The number of rotatable bonds is 6. The van der Waals surface area contributed by atoms with Gasteiger partial charge in [-0.1, -0.05) is 57.3 Å². The first kappa shape index (κ1) is 23.3. The van der Waals surface area contributed by atoms with Gasteiger partial charge >= 0.3 is 0 Å². The minimum absolute atomic E-state index is 0.113. The van der Waals surface area contributed by atoms with E-state index in [1.54, 1.807) is 36.5 Å². The van der Waals surface area contributed by atoms with Crippen LogP contribution in [0.2, 0.25) is 10.0 Å². The molecule has 1 N–H and O–H groups in total. The molecule has 0 radical (unpaired) electrons. The molecule has 4 rings (SSSR count). The number of hydrogen-bond donors (Lipinski definition) is 1. The van der Waals surface area contributed by atoms with Crippen molar-refractivity contribution in [1.29, 1.82) is 5.26 Å². The summed E-state index contributed by atoms with van der Waals surface area (Å²) in [7, 11) is 0. The molecule has 0 spiro atoms. The number of anilines is 1. The van der Waals surface area contributed by atoms with Crippen molar-refractivity contribution >= 4 is 67.6 Å². The van der Waals surface area contributed by atoms with E-state index in [1.807, 2.05) is 30.3 Å². The average Bonchev–Trinajstić information content (AvgIpc) is 3.45. The van der Waals surface area contributed by atoms with Gasteiger partial charge in [0.2, 0.25) is 0 Å². The van der Waals surface area contributed by atoms with Crippen LogP contribution in [0, 0.1) is 11.3 Å². The molecule has 164 valence electrons. The molecule has 2 aromatic carbocycles. The Morgan fingerprint density at radius 2 is 1.97 bits per heavy atom. The first-order valence-electron chi connectivity index (χ1n) is 9.59. The molecule has 4 aromatic rings. The predicted octanol–water partition coefficient (Wildman–Crippen LogP) is 7.61. The van der Waals surface area contributed by atoms with E-state index in [1.165, 1.54) is 17.4 Å². The quantitative estimate of drug-likeness (QED) is 0.195. The number of furan rings is 1. The number of carbonyl (C=O) groups excluding carboxylic acids is 1. The maximum absolute atomic E-state index is 12.6. The summed E-state index contributed by atoms with van der Waals surface area (Å²) >= 11 is 17.1. The van der Waals surface area contributed by atoms with Crippen LogP contribution in [0.5, 0.6) is 0 Å². The van der Waals surface area contributed by atoms with Crippen LogP contribution in [-0.2, 0) is 11.2 Å². The second-order valence-electron chi connectivity index (χ2n) is 6.86. The molecule has 0 atom stereocenters. The summed E-state index contributed by atoms with van der Waals surface area (Å²) in [5.74, 6) is 0.243. The number of amides is 1. The van der Waals surface area contributed by atoms with E-state index in [-0.39, 0.29) is 5.57 Å². The molecule has 33 heavy (non-hydrogen) atoms. The van der Waals surface area contributed by atoms with Gasteiger partial charge in [0.05, 0.1) is 10.0 Å². The van der Waals surface area contributed by atoms with Gasteiger partial charge in [0.15, 0.2) is 5.13 Å². The number of halogens is 3. The molecular weight excluding hydrogens is 545 g/mol. The monoisotopic (exact) mass is 557 g/mol. The molecule has 2 aromatic heterocycles. The molecule has 0 saturated carbocycles. The number of hydrogen-bond acceptors (Lipinski definition) is 5. The van der Waals surface area contributed by atoms with Crippen molar-refractivity contribution in [2.75, 3.05) is 5.32 Å². The summed E-state index contributed by atoms with van der Waals surface area (Å²) in [5.41, 5.74) is 1.64. The van der Waals surface area contributed by atoms with E-state index in [2.05, 4.69) is 26.2 Å². The Morgan fingerprint density at radius 3 is 2.73 bits per heavy atom. The second kappa shape index (κ2) is 10.4. The van der Waals surface area contributed by atoms with E-state index >= 15 is 0 Å². The lowest BCUT2D eigenvalue weighted by Gasteiger charge is -2.02. The number of nitrogens with zero attached hydrogens (tertiary/aromatic N) is 2. The summed E-state index contributed by atoms with van der Waals surface area (Å²) < 4.78 is 6.76. The Hall–Kier alpha value is -2.89. The summed E-state index contributed by atoms with van der Waals surface area (Å²) in [6, 6.07) is 18.5. The Labute approximate surface area is 212 Å². The smallest absolute Gasteiger partial charge is 0.268 e. The summed E-state index contributed by atoms with van der Waals surface area (Å²) in [6.45, 7) is 0. The molecule has 0 aliphatic heterocycles. The Bertz CT molecular complexity index is 1390. The third-order valence-electron chi connectivity index (χ3n) is 4.56. The largest absolute Gasteiger partial charge is 0.457 e. The zero-order valence-corrected chi connectivity index (χ0v) is 20.7. The maximum Gasteiger partial charge on any atom is 0.268 e. The first-order valence-corrected chi connectivity index (χ1v) is 12.0. The van der Waals surface area contributed by atoms with Gasteiger partial charge in [-0.15, -0.1) is 11.3 Å². The third-order valence-corrected chi connectivity index (χ3v) is 6.82.